The molecule has 1 aliphatic heterocycles. The van der Waals surface area contributed by atoms with Crippen LogP contribution in [0.3, 0.4) is 0 Å². The Bertz CT molecular complexity index is 665. The molecule has 1 rings (SSSR count). The third-order valence-corrected chi connectivity index (χ3v) is 3.95. The zero-order valence-electron chi connectivity index (χ0n) is 15.9. The number of esters is 4. The Kier molecular flexibility index (Phi) is 10.2. The fraction of sp³-hybridized carbons (Fsp3) is 0.688. The van der Waals surface area contributed by atoms with Gasteiger partial charge in [0.1, 0.15) is 12.7 Å². The predicted molar refractivity (Wildman–Crippen MR) is 110 cm³/mol. The van der Waals surface area contributed by atoms with Gasteiger partial charge in [0.2, 0.25) is 0 Å². The first kappa shape index (κ1) is 26.0. The van der Waals surface area contributed by atoms with Gasteiger partial charge in [0.25, 0.3) is 0 Å². The van der Waals surface area contributed by atoms with Crippen LogP contribution < -0.4 is 0 Å². The molecular weight excluding hydrogens is 590 g/mol. The largest absolute Gasteiger partial charge is 0.463 e. The van der Waals surface area contributed by atoms with Crippen molar-refractivity contribution in [2.75, 3.05) is 6.61 Å². The Morgan fingerprint density at radius 3 is 1.79 bits per heavy atom. The molecule has 0 aromatic carbocycles. The van der Waals surface area contributed by atoms with Crippen LogP contribution in [0.25, 0.3) is 0 Å². The lowest BCUT2D eigenvalue weighted by atomic mass is 9.97. The summed E-state index contributed by atoms with van der Waals surface area (Å²) in [6.07, 6.45) is -4.56. The van der Waals surface area contributed by atoms with E-state index in [0.29, 0.717) is 0 Å². The van der Waals surface area contributed by atoms with Crippen LogP contribution in [0.2, 0.25) is 0 Å². The summed E-state index contributed by atoms with van der Waals surface area (Å²) >= 11 is 9.71. The van der Waals surface area contributed by atoms with E-state index in [1.54, 1.807) is 0 Å². The number of aliphatic imine (C=N–C) groups is 1. The van der Waals surface area contributed by atoms with Crippen molar-refractivity contribution in [3.8, 4) is 0 Å². The van der Waals surface area contributed by atoms with Crippen molar-refractivity contribution >= 4 is 77.9 Å². The summed E-state index contributed by atoms with van der Waals surface area (Å²) in [4.78, 5) is 50.4. The van der Waals surface area contributed by atoms with Crippen LogP contribution in [0, 0.1) is 0 Å². The lowest BCUT2D eigenvalue weighted by molar-refractivity contribution is -0.250. The zero-order valence-corrected chi connectivity index (χ0v) is 20.7. The first-order chi connectivity index (χ1) is 13.3. The Morgan fingerprint density at radius 1 is 0.862 bits per heavy atom. The van der Waals surface area contributed by atoms with Gasteiger partial charge in [-0.25, -0.2) is 0 Å². The van der Waals surface area contributed by atoms with Crippen molar-refractivity contribution in [3.05, 3.63) is 0 Å². The summed E-state index contributed by atoms with van der Waals surface area (Å²) in [5.74, 6) is -2.70. The van der Waals surface area contributed by atoms with E-state index < -0.39 is 56.7 Å². The van der Waals surface area contributed by atoms with Gasteiger partial charge >= 0.3 is 23.9 Å². The number of hydrogen-bond acceptors (Lipinski definition) is 10. The van der Waals surface area contributed by atoms with Crippen molar-refractivity contribution < 1.29 is 42.9 Å². The number of alkyl halides is 3. The van der Waals surface area contributed by atoms with Crippen molar-refractivity contribution in [1.82, 2.24) is 0 Å². The lowest BCUT2D eigenvalue weighted by Gasteiger charge is -2.43. The molecule has 0 aromatic rings. The standard InChI is InChI=1S/C16H20Br3NO9/c1-7(21)25-5-11-12(26-8(2)22)13(27-9(3)23)14(28-10(4)24)15(29-11)20-6-16(17,18)19/h6,11-15H,5H2,1-4H3/b20-6-/t11-,12+,13+,14-,15-/m1/s1. The van der Waals surface area contributed by atoms with Gasteiger partial charge in [0.05, 0.1) is 0 Å². The van der Waals surface area contributed by atoms with Gasteiger partial charge in [-0.2, -0.15) is 0 Å². The normalized spacial score (nSPS) is 27.2. The predicted octanol–water partition coefficient (Wildman–Crippen LogP) is 1.98. The summed E-state index contributed by atoms with van der Waals surface area (Å²) in [7, 11) is 0. The van der Waals surface area contributed by atoms with Gasteiger partial charge in [-0.3, -0.25) is 24.2 Å². The van der Waals surface area contributed by atoms with E-state index in [0.717, 1.165) is 20.8 Å². The molecule has 0 amide bonds. The topological polar surface area (TPSA) is 127 Å². The average molecular weight is 610 g/mol. The van der Waals surface area contributed by atoms with Crippen molar-refractivity contribution in [1.29, 1.82) is 0 Å². The molecule has 29 heavy (non-hydrogen) atoms. The molecule has 0 saturated carbocycles. The SMILES string of the molecule is CC(=O)OC[C@H]1O[C@@H](/N=C\C(Br)(Br)Br)[C@H](OC(C)=O)[C@@H](OC(C)=O)[C@H]1OC(C)=O. The molecule has 0 spiro atoms. The minimum Gasteiger partial charge on any atom is -0.463 e. The van der Waals surface area contributed by atoms with Crippen LogP contribution in [0.15, 0.2) is 4.99 Å². The quantitative estimate of drug-likeness (QED) is 0.192. The molecule has 164 valence electrons. The number of carbonyl (C=O) groups excluding carboxylic acids is 4. The van der Waals surface area contributed by atoms with Crippen LogP contribution >= 0.6 is 47.8 Å². The molecule has 0 radical (unpaired) electrons. The number of halogens is 3. The van der Waals surface area contributed by atoms with Gasteiger partial charge in [-0.05, 0) is 0 Å². The van der Waals surface area contributed by atoms with Gasteiger partial charge in [-0.15, -0.1) is 0 Å². The molecule has 1 fully saturated rings. The second-order valence-corrected chi connectivity index (χ2v) is 12.9. The molecule has 1 saturated heterocycles. The summed E-state index contributed by atoms with van der Waals surface area (Å²) in [5.41, 5.74) is 0. The minimum absolute atomic E-state index is 0.314. The third-order valence-electron chi connectivity index (χ3n) is 3.33. The van der Waals surface area contributed by atoms with E-state index in [2.05, 4.69) is 52.8 Å². The summed E-state index contributed by atoms with van der Waals surface area (Å²) in [6.45, 7) is 4.32. The zero-order chi connectivity index (χ0) is 22.4. The van der Waals surface area contributed by atoms with E-state index in [1.807, 2.05) is 0 Å². The molecule has 10 nitrogen and oxygen atoms in total. The number of rotatable bonds is 6. The summed E-state index contributed by atoms with van der Waals surface area (Å²) in [6, 6.07) is 0. The van der Waals surface area contributed by atoms with E-state index in [9.17, 15) is 19.2 Å². The van der Waals surface area contributed by atoms with Crippen LogP contribution in [0.5, 0.6) is 0 Å². The molecule has 0 aromatic heterocycles. The summed E-state index contributed by atoms with van der Waals surface area (Å²) in [5, 5.41) is 0. The Balaban J connectivity index is 3.37. The molecule has 0 bridgehead atoms. The highest BCUT2D eigenvalue weighted by molar-refractivity contribution is 9.40. The van der Waals surface area contributed by atoms with Crippen LogP contribution in [0.1, 0.15) is 27.7 Å². The maximum atomic E-state index is 11.7. The Morgan fingerprint density at radius 2 is 1.34 bits per heavy atom. The maximum Gasteiger partial charge on any atom is 0.303 e. The highest BCUT2D eigenvalue weighted by atomic mass is 80.0. The van der Waals surface area contributed by atoms with E-state index in [4.69, 9.17) is 23.7 Å². The monoisotopic (exact) mass is 607 g/mol. The molecule has 5 atom stereocenters. The van der Waals surface area contributed by atoms with E-state index in [1.165, 1.54) is 13.1 Å². The van der Waals surface area contributed by atoms with Crippen molar-refractivity contribution in [2.24, 2.45) is 4.99 Å². The average Bonchev–Trinajstić information content (AvgIpc) is 2.53. The molecule has 13 heteroatoms. The Hall–Kier alpha value is -1.05. The molecule has 1 heterocycles. The highest BCUT2D eigenvalue weighted by Gasteiger charge is 2.52. The first-order valence-corrected chi connectivity index (χ1v) is 10.6. The summed E-state index contributed by atoms with van der Waals surface area (Å²) < 4.78 is 25.7. The van der Waals surface area contributed by atoms with Gasteiger partial charge < -0.3 is 23.7 Å². The number of hydrogen-bond donors (Lipinski definition) is 0. The molecule has 0 aliphatic carbocycles. The number of nitrogens with zero attached hydrogens (tertiary/aromatic N) is 1. The lowest BCUT2D eigenvalue weighted by Crippen LogP contribution is -2.62. The highest BCUT2D eigenvalue weighted by Crippen LogP contribution is 2.33. The fourth-order valence-corrected chi connectivity index (χ4v) is 2.84. The van der Waals surface area contributed by atoms with Crippen LogP contribution in [0.4, 0.5) is 0 Å². The smallest absolute Gasteiger partial charge is 0.303 e. The number of carbonyl (C=O) groups is 4. The van der Waals surface area contributed by atoms with Crippen molar-refractivity contribution in [3.63, 3.8) is 0 Å². The molecule has 0 N–H and O–H groups in total. The van der Waals surface area contributed by atoms with Crippen LogP contribution in [-0.2, 0) is 42.9 Å². The number of ether oxygens (including phenoxy) is 5. The second-order valence-electron chi connectivity index (χ2n) is 5.91. The molecule has 0 unspecified atom stereocenters. The van der Waals surface area contributed by atoms with Gasteiger partial charge in [0.15, 0.2) is 26.7 Å². The van der Waals surface area contributed by atoms with Gasteiger partial charge in [0, 0.05) is 33.9 Å². The third kappa shape index (κ3) is 9.53. The molecule has 1 aliphatic rings. The minimum atomic E-state index is -1.26. The Labute approximate surface area is 192 Å². The fourth-order valence-electron chi connectivity index (χ4n) is 2.48. The second kappa shape index (κ2) is 11.4. The van der Waals surface area contributed by atoms with Gasteiger partial charge in [-0.1, -0.05) is 47.8 Å². The maximum absolute atomic E-state index is 11.7. The first-order valence-electron chi connectivity index (χ1n) is 8.21. The van der Waals surface area contributed by atoms with Crippen LogP contribution in [-0.4, -0.2) is 69.5 Å². The van der Waals surface area contributed by atoms with E-state index in [-0.39, 0.29) is 6.61 Å². The van der Waals surface area contributed by atoms with Crippen molar-refractivity contribution in [2.45, 2.75) is 60.5 Å². The van der Waals surface area contributed by atoms with E-state index >= 15 is 0 Å². The molecular formula is C16H20Br3NO9.